The van der Waals surface area contributed by atoms with Gasteiger partial charge in [-0.2, -0.15) is 0 Å². The first-order valence-electron chi connectivity index (χ1n) is 20.8. The van der Waals surface area contributed by atoms with E-state index in [0.29, 0.717) is 0 Å². The van der Waals surface area contributed by atoms with Gasteiger partial charge in [0.05, 0.1) is 22.3 Å². The Hall–Kier alpha value is -8.14. The second kappa shape index (κ2) is 14.3. The van der Waals surface area contributed by atoms with Gasteiger partial charge in [-0.05, 0) is 98.1 Å². The summed E-state index contributed by atoms with van der Waals surface area (Å²) in [6.07, 6.45) is 0. The molecule has 61 heavy (non-hydrogen) atoms. The highest BCUT2D eigenvalue weighted by Gasteiger charge is 2.22. The van der Waals surface area contributed by atoms with E-state index in [9.17, 15) is 0 Å². The van der Waals surface area contributed by atoms with Crippen LogP contribution >= 0.6 is 0 Å². The Kier molecular flexibility index (Phi) is 8.17. The summed E-state index contributed by atoms with van der Waals surface area (Å²) in [4.78, 5) is 2.40. The van der Waals surface area contributed by atoms with Crippen LogP contribution in [0.25, 0.3) is 93.8 Å². The molecule has 3 nitrogen and oxygen atoms in total. The Morgan fingerprint density at radius 2 is 0.869 bits per heavy atom. The van der Waals surface area contributed by atoms with Gasteiger partial charge in [0.2, 0.25) is 5.71 Å². The number of oxazole rings is 1. The molecule has 0 saturated heterocycles. The molecule has 0 bridgehead atoms. The predicted molar refractivity (Wildman–Crippen MR) is 256 cm³/mol. The molecule has 0 unspecified atom stereocenters. The molecule has 12 rings (SSSR count). The first-order chi connectivity index (χ1) is 30.3. The van der Waals surface area contributed by atoms with E-state index in [-0.39, 0.29) is 0 Å². The van der Waals surface area contributed by atoms with Crippen LogP contribution in [0.4, 0.5) is 17.1 Å². The lowest BCUT2D eigenvalue weighted by molar-refractivity contribution is 0.659. The molecule has 286 valence electrons. The van der Waals surface area contributed by atoms with Gasteiger partial charge >= 0.3 is 0 Å². The van der Waals surface area contributed by atoms with Gasteiger partial charge in [0.15, 0.2) is 5.58 Å². The van der Waals surface area contributed by atoms with E-state index in [1.165, 1.54) is 49.2 Å². The van der Waals surface area contributed by atoms with Crippen molar-refractivity contribution in [1.82, 2.24) is 4.40 Å². The molecule has 0 spiro atoms. The van der Waals surface area contributed by atoms with Gasteiger partial charge in [0, 0.05) is 27.7 Å². The topological polar surface area (TPSA) is 20.8 Å². The fourth-order valence-corrected chi connectivity index (χ4v) is 9.32. The minimum absolute atomic E-state index is 0.857. The molecular formula is C58H38N2O. The van der Waals surface area contributed by atoms with Crippen LogP contribution in [-0.4, -0.2) is 4.40 Å². The zero-order valence-corrected chi connectivity index (χ0v) is 33.2. The van der Waals surface area contributed by atoms with Crippen LogP contribution in [0.3, 0.4) is 0 Å². The smallest absolute Gasteiger partial charge is 0.213 e. The highest BCUT2D eigenvalue weighted by Crippen LogP contribution is 2.45. The van der Waals surface area contributed by atoms with Crippen molar-refractivity contribution in [3.63, 3.8) is 0 Å². The quantitative estimate of drug-likeness (QED) is 0.150. The number of nitrogens with zero attached hydrogens (tertiary/aromatic N) is 2. The minimum atomic E-state index is 0.857. The molecule has 2 heterocycles. The third kappa shape index (κ3) is 5.82. The van der Waals surface area contributed by atoms with Crippen molar-refractivity contribution in [2.24, 2.45) is 0 Å². The number of hydrogen-bond donors (Lipinski definition) is 0. The molecule has 0 aliphatic rings. The van der Waals surface area contributed by atoms with Crippen molar-refractivity contribution in [3.8, 4) is 44.5 Å². The van der Waals surface area contributed by atoms with Crippen LogP contribution in [0.2, 0.25) is 0 Å². The van der Waals surface area contributed by atoms with E-state index < -0.39 is 0 Å². The van der Waals surface area contributed by atoms with Crippen LogP contribution in [0.15, 0.2) is 235 Å². The van der Waals surface area contributed by atoms with Gasteiger partial charge in [0.1, 0.15) is 0 Å². The number of hydrogen-bond acceptors (Lipinski definition) is 2. The minimum Gasteiger partial charge on any atom is -0.437 e. The fraction of sp³-hybridized carbons (Fsp3) is 0. The van der Waals surface area contributed by atoms with E-state index in [2.05, 4.69) is 240 Å². The third-order valence-corrected chi connectivity index (χ3v) is 12.2. The average molecular weight is 779 g/mol. The van der Waals surface area contributed by atoms with E-state index >= 15 is 0 Å². The summed E-state index contributed by atoms with van der Waals surface area (Å²) in [5.74, 6) is 0. The molecule has 0 radical (unpaired) electrons. The summed E-state index contributed by atoms with van der Waals surface area (Å²) in [6.45, 7) is 0. The normalized spacial score (nSPS) is 11.6. The van der Waals surface area contributed by atoms with Crippen molar-refractivity contribution in [1.29, 1.82) is 0 Å². The van der Waals surface area contributed by atoms with Crippen LogP contribution in [-0.2, 0) is 0 Å². The van der Waals surface area contributed by atoms with Gasteiger partial charge in [0.25, 0.3) is 0 Å². The lowest BCUT2D eigenvalue weighted by atomic mass is 9.97. The SMILES string of the molecule is c1ccc(-c2cccc(-c3ccc(N(c4ccc(-c5cccc6c5oc5c(-c7ccccc7)c7ccccc7n56)cc4)c4cc5ccccc5c5ccccc45)cc3)c2)cc1. The first kappa shape index (κ1) is 34.9. The largest absolute Gasteiger partial charge is 0.437 e. The Morgan fingerprint density at radius 3 is 1.59 bits per heavy atom. The summed E-state index contributed by atoms with van der Waals surface area (Å²) >= 11 is 0. The molecule has 12 aromatic rings. The highest BCUT2D eigenvalue weighted by molar-refractivity contribution is 6.15. The molecule has 0 saturated carbocycles. The van der Waals surface area contributed by atoms with Gasteiger partial charge in [-0.15, -0.1) is 0 Å². The van der Waals surface area contributed by atoms with Crippen molar-refractivity contribution in [3.05, 3.63) is 231 Å². The maximum absolute atomic E-state index is 6.95. The third-order valence-electron chi connectivity index (χ3n) is 12.2. The van der Waals surface area contributed by atoms with Crippen LogP contribution in [0, 0.1) is 0 Å². The van der Waals surface area contributed by atoms with Crippen molar-refractivity contribution in [2.45, 2.75) is 0 Å². The molecule has 0 aliphatic heterocycles. The van der Waals surface area contributed by atoms with Crippen molar-refractivity contribution in [2.75, 3.05) is 4.90 Å². The lowest BCUT2D eigenvalue weighted by Crippen LogP contribution is -2.10. The van der Waals surface area contributed by atoms with E-state index in [1.807, 2.05) is 0 Å². The fourth-order valence-electron chi connectivity index (χ4n) is 9.32. The molecule has 0 fully saturated rings. The Labute approximate surface area is 353 Å². The molecule has 0 aliphatic carbocycles. The lowest BCUT2D eigenvalue weighted by Gasteiger charge is -2.28. The van der Waals surface area contributed by atoms with Gasteiger partial charge in [-0.25, -0.2) is 0 Å². The maximum atomic E-state index is 6.95. The maximum Gasteiger partial charge on any atom is 0.213 e. The molecule has 3 heteroatoms. The summed E-state index contributed by atoms with van der Waals surface area (Å²) in [5.41, 5.74) is 16.4. The summed E-state index contributed by atoms with van der Waals surface area (Å²) < 4.78 is 9.22. The van der Waals surface area contributed by atoms with Crippen LogP contribution in [0.1, 0.15) is 0 Å². The summed E-state index contributed by atoms with van der Waals surface area (Å²) in [5, 5.41) is 6.06. The number of benzene rings is 10. The molecule has 10 aromatic carbocycles. The van der Waals surface area contributed by atoms with E-state index in [1.54, 1.807) is 0 Å². The Morgan fingerprint density at radius 1 is 0.344 bits per heavy atom. The monoisotopic (exact) mass is 778 g/mol. The van der Waals surface area contributed by atoms with Gasteiger partial charge in [-0.3, -0.25) is 4.40 Å². The van der Waals surface area contributed by atoms with Gasteiger partial charge in [-0.1, -0.05) is 182 Å². The zero-order valence-electron chi connectivity index (χ0n) is 33.2. The summed E-state index contributed by atoms with van der Waals surface area (Å²) in [6, 6.07) is 82.8. The number of fused-ring (bicyclic) bond motifs is 8. The zero-order chi connectivity index (χ0) is 40.3. The van der Waals surface area contributed by atoms with Crippen LogP contribution in [0.5, 0.6) is 0 Å². The number of rotatable bonds is 7. The molecule has 0 N–H and O–H groups in total. The second-order valence-corrected chi connectivity index (χ2v) is 15.7. The molecule has 2 aromatic heterocycles. The van der Waals surface area contributed by atoms with Crippen LogP contribution < -0.4 is 4.90 Å². The summed E-state index contributed by atoms with van der Waals surface area (Å²) in [7, 11) is 0. The van der Waals surface area contributed by atoms with Crippen molar-refractivity contribution < 1.29 is 4.42 Å². The number of para-hydroxylation sites is 2. The first-order valence-corrected chi connectivity index (χ1v) is 20.8. The molecule has 0 atom stereocenters. The van der Waals surface area contributed by atoms with Gasteiger partial charge < -0.3 is 9.32 Å². The Bertz CT molecular complexity index is 3560. The van der Waals surface area contributed by atoms with E-state index in [0.717, 1.165) is 61.6 Å². The van der Waals surface area contributed by atoms with E-state index in [4.69, 9.17) is 4.42 Å². The average Bonchev–Trinajstić information content (AvgIpc) is 3.88. The molecular weight excluding hydrogens is 741 g/mol. The molecule has 0 amide bonds. The predicted octanol–water partition coefficient (Wildman–Crippen LogP) is 16.3. The highest BCUT2D eigenvalue weighted by atomic mass is 16.3. The Balaban J connectivity index is 0.995. The van der Waals surface area contributed by atoms with Crippen molar-refractivity contribution >= 4 is 66.3 Å². The standard InChI is InChI=1S/C58H38N2O/c1-3-15-39(16-4-1)43-20-13-21-44(37-43)40-29-33-46(34-30-40)59(55-38-45-19-7-8-22-48(45)50-23-9-10-24-51(50)55)47-35-31-41(32-36-47)49-26-14-28-54-57(49)61-58-56(42-17-5-2-6-18-42)52-25-11-12-27-53(52)60(54)58/h1-38H. The second-order valence-electron chi connectivity index (χ2n) is 15.7. The number of anilines is 3. The number of aromatic nitrogens is 1.